The lowest BCUT2D eigenvalue weighted by Gasteiger charge is -2.17. The van der Waals surface area contributed by atoms with Crippen LogP contribution in [0.25, 0.3) is 0 Å². The Bertz CT molecular complexity index is 394. The van der Waals surface area contributed by atoms with E-state index in [1.165, 1.54) is 0 Å². The lowest BCUT2D eigenvalue weighted by molar-refractivity contribution is -0.129. The van der Waals surface area contributed by atoms with Gasteiger partial charge in [-0.1, -0.05) is 6.07 Å². The van der Waals surface area contributed by atoms with Crippen molar-refractivity contribution in [2.75, 3.05) is 26.2 Å². The molecule has 2 fully saturated rings. The van der Waals surface area contributed by atoms with Gasteiger partial charge in [0.1, 0.15) is 0 Å². The second kappa shape index (κ2) is 4.45. The van der Waals surface area contributed by atoms with E-state index in [0.717, 1.165) is 31.9 Å². The molecule has 1 aromatic heterocycles. The summed E-state index contributed by atoms with van der Waals surface area (Å²) < 4.78 is 0. The van der Waals surface area contributed by atoms with Crippen LogP contribution in [0.1, 0.15) is 5.69 Å². The molecule has 0 spiro atoms. The zero-order valence-electron chi connectivity index (χ0n) is 9.80. The molecule has 0 saturated carbocycles. The molecule has 3 heterocycles. The smallest absolute Gasteiger partial charge is 0.228 e. The summed E-state index contributed by atoms with van der Waals surface area (Å²) in [6.07, 6.45) is 2.18. The zero-order valence-corrected chi connectivity index (χ0v) is 9.80. The lowest BCUT2D eigenvalue weighted by atomic mass is 10.0. The molecule has 4 heteroatoms. The summed E-state index contributed by atoms with van der Waals surface area (Å²) >= 11 is 0. The molecule has 90 valence electrons. The number of likely N-dealkylation sites (tertiary alicyclic amines) is 1. The molecule has 4 nitrogen and oxygen atoms in total. The predicted octanol–water partition coefficient (Wildman–Crippen LogP) is 0.302. The third-order valence-corrected chi connectivity index (χ3v) is 3.80. The van der Waals surface area contributed by atoms with Gasteiger partial charge in [-0.05, 0) is 24.0 Å². The van der Waals surface area contributed by atoms with E-state index in [1.54, 1.807) is 6.20 Å². The second-order valence-corrected chi connectivity index (χ2v) is 4.97. The van der Waals surface area contributed by atoms with Crippen molar-refractivity contribution in [2.45, 2.75) is 6.42 Å². The lowest BCUT2D eigenvalue weighted by Crippen LogP contribution is -2.33. The number of aromatic nitrogens is 1. The first kappa shape index (κ1) is 10.7. The Morgan fingerprint density at radius 1 is 1.35 bits per heavy atom. The van der Waals surface area contributed by atoms with Crippen LogP contribution in [0.15, 0.2) is 24.4 Å². The first-order valence-corrected chi connectivity index (χ1v) is 6.21. The van der Waals surface area contributed by atoms with Gasteiger partial charge < -0.3 is 10.2 Å². The van der Waals surface area contributed by atoms with Gasteiger partial charge in [-0.2, -0.15) is 0 Å². The maximum atomic E-state index is 12.1. The molecule has 2 atom stereocenters. The SMILES string of the molecule is O=C(Cc1ccccn1)N1CC2CNCC2C1. The van der Waals surface area contributed by atoms with Crippen molar-refractivity contribution in [3.05, 3.63) is 30.1 Å². The fourth-order valence-corrected chi connectivity index (χ4v) is 2.83. The summed E-state index contributed by atoms with van der Waals surface area (Å²) in [6, 6.07) is 5.72. The van der Waals surface area contributed by atoms with Crippen LogP contribution in [0.4, 0.5) is 0 Å². The Kier molecular flexibility index (Phi) is 2.81. The number of fused-ring (bicyclic) bond motifs is 1. The maximum Gasteiger partial charge on any atom is 0.228 e. The number of carbonyl (C=O) groups is 1. The molecular formula is C13H17N3O. The third-order valence-electron chi connectivity index (χ3n) is 3.80. The van der Waals surface area contributed by atoms with E-state index in [1.807, 2.05) is 23.1 Å². The molecule has 3 rings (SSSR count). The summed E-state index contributed by atoms with van der Waals surface area (Å²) in [5.41, 5.74) is 0.868. The number of nitrogens with one attached hydrogen (secondary N) is 1. The van der Waals surface area contributed by atoms with Crippen LogP contribution >= 0.6 is 0 Å². The highest BCUT2D eigenvalue weighted by atomic mass is 16.2. The van der Waals surface area contributed by atoms with Gasteiger partial charge in [-0.15, -0.1) is 0 Å². The molecule has 17 heavy (non-hydrogen) atoms. The average Bonchev–Trinajstić information content (AvgIpc) is 2.90. The molecule has 2 saturated heterocycles. The van der Waals surface area contributed by atoms with Crippen LogP contribution in [0.2, 0.25) is 0 Å². The van der Waals surface area contributed by atoms with Gasteiger partial charge in [-0.25, -0.2) is 0 Å². The second-order valence-electron chi connectivity index (χ2n) is 4.97. The summed E-state index contributed by atoms with van der Waals surface area (Å²) in [4.78, 5) is 18.3. The number of pyridine rings is 1. The Balaban J connectivity index is 1.61. The van der Waals surface area contributed by atoms with E-state index in [-0.39, 0.29) is 5.91 Å². The van der Waals surface area contributed by atoms with Crippen LogP contribution in [0.5, 0.6) is 0 Å². The minimum absolute atomic E-state index is 0.220. The maximum absolute atomic E-state index is 12.1. The van der Waals surface area contributed by atoms with Crippen LogP contribution in [0, 0.1) is 11.8 Å². The topological polar surface area (TPSA) is 45.2 Å². The van der Waals surface area contributed by atoms with E-state index in [9.17, 15) is 4.79 Å². The Hall–Kier alpha value is -1.42. The monoisotopic (exact) mass is 231 g/mol. The normalized spacial score (nSPS) is 27.2. The molecule has 2 aliphatic heterocycles. The van der Waals surface area contributed by atoms with Crippen LogP contribution in [-0.2, 0) is 11.2 Å². The summed E-state index contributed by atoms with van der Waals surface area (Å²) in [5.74, 6) is 1.56. The number of amides is 1. The number of carbonyl (C=O) groups excluding carboxylic acids is 1. The summed E-state index contributed by atoms with van der Waals surface area (Å²) in [5, 5.41) is 3.38. The van der Waals surface area contributed by atoms with Crippen LogP contribution < -0.4 is 5.32 Å². The fraction of sp³-hybridized carbons (Fsp3) is 0.538. The highest BCUT2D eigenvalue weighted by molar-refractivity contribution is 5.78. The first-order chi connectivity index (χ1) is 8.33. The number of hydrogen-bond donors (Lipinski definition) is 1. The Morgan fingerprint density at radius 3 is 2.76 bits per heavy atom. The molecule has 0 bridgehead atoms. The van der Waals surface area contributed by atoms with E-state index in [4.69, 9.17) is 0 Å². The molecule has 1 N–H and O–H groups in total. The van der Waals surface area contributed by atoms with Gasteiger partial charge in [0.15, 0.2) is 0 Å². The number of hydrogen-bond acceptors (Lipinski definition) is 3. The number of nitrogens with zero attached hydrogens (tertiary/aromatic N) is 2. The quantitative estimate of drug-likeness (QED) is 0.796. The van der Waals surface area contributed by atoms with Gasteiger partial charge in [0.25, 0.3) is 0 Å². The van der Waals surface area contributed by atoms with E-state index in [0.29, 0.717) is 18.3 Å². The van der Waals surface area contributed by atoms with Crippen LogP contribution in [0.3, 0.4) is 0 Å². The van der Waals surface area contributed by atoms with E-state index < -0.39 is 0 Å². The molecular weight excluding hydrogens is 214 g/mol. The van der Waals surface area contributed by atoms with Crippen molar-refractivity contribution in [3.63, 3.8) is 0 Å². The third kappa shape index (κ3) is 2.17. The van der Waals surface area contributed by atoms with Crippen molar-refractivity contribution in [3.8, 4) is 0 Å². The van der Waals surface area contributed by atoms with E-state index >= 15 is 0 Å². The fourth-order valence-electron chi connectivity index (χ4n) is 2.83. The Morgan fingerprint density at radius 2 is 2.12 bits per heavy atom. The van der Waals surface area contributed by atoms with Gasteiger partial charge >= 0.3 is 0 Å². The zero-order chi connectivity index (χ0) is 11.7. The minimum atomic E-state index is 0.220. The van der Waals surface area contributed by atoms with Crippen LogP contribution in [-0.4, -0.2) is 42.0 Å². The van der Waals surface area contributed by atoms with Crippen molar-refractivity contribution >= 4 is 5.91 Å². The van der Waals surface area contributed by atoms with Gasteiger partial charge in [0.2, 0.25) is 5.91 Å². The molecule has 0 aliphatic carbocycles. The standard InChI is InChI=1S/C13H17N3O/c17-13(5-12-3-1-2-4-15-12)16-8-10-6-14-7-11(10)9-16/h1-4,10-11,14H,5-9H2. The average molecular weight is 231 g/mol. The van der Waals surface area contributed by atoms with Crippen molar-refractivity contribution in [1.29, 1.82) is 0 Å². The summed E-state index contributed by atoms with van der Waals surface area (Å²) in [6.45, 7) is 3.97. The molecule has 1 amide bonds. The van der Waals surface area contributed by atoms with Gasteiger partial charge in [0.05, 0.1) is 6.42 Å². The number of rotatable bonds is 2. The highest BCUT2D eigenvalue weighted by Crippen LogP contribution is 2.26. The van der Waals surface area contributed by atoms with Gasteiger partial charge in [0, 0.05) is 38.1 Å². The highest BCUT2D eigenvalue weighted by Gasteiger charge is 2.37. The van der Waals surface area contributed by atoms with Crippen molar-refractivity contribution in [1.82, 2.24) is 15.2 Å². The van der Waals surface area contributed by atoms with Crippen molar-refractivity contribution in [2.24, 2.45) is 11.8 Å². The van der Waals surface area contributed by atoms with E-state index in [2.05, 4.69) is 10.3 Å². The molecule has 2 aliphatic rings. The molecule has 0 aromatic carbocycles. The van der Waals surface area contributed by atoms with Crippen molar-refractivity contribution < 1.29 is 4.79 Å². The first-order valence-electron chi connectivity index (χ1n) is 6.21. The minimum Gasteiger partial charge on any atom is -0.342 e. The molecule has 0 radical (unpaired) electrons. The Labute approximate surface area is 101 Å². The summed E-state index contributed by atoms with van der Waals surface area (Å²) in [7, 11) is 0. The van der Waals surface area contributed by atoms with Gasteiger partial charge in [-0.3, -0.25) is 9.78 Å². The molecule has 1 aromatic rings. The largest absolute Gasteiger partial charge is 0.342 e. The predicted molar refractivity (Wildman–Crippen MR) is 64.4 cm³/mol. The molecule has 2 unspecified atom stereocenters.